The standard InChI is InChI=1S/C19H17N5O3S/c25-18-15-11-23(8-7-17(15)21-19(28)22-18)10-13-4-2-6-16(20-13)12-3-1-5-14(9-12)24(26)27/h1-6,9H,7-8,10-11H2,(H2,21,22,25,28). The molecular weight excluding hydrogens is 378 g/mol. The molecule has 2 aromatic heterocycles. The van der Waals surface area contributed by atoms with Crippen LogP contribution in [0.2, 0.25) is 0 Å². The van der Waals surface area contributed by atoms with Crippen LogP contribution in [-0.4, -0.2) is 31.3 Å². The minimum atomic E-state index is -0.415. The lowest BCUT2D eigenvalue weighted by Gasteiger charge is -2.27. The molecule has 0 atom stereocenters. The van der Waals surface area contributed by atoms with E-state index in [-0.39, 0.29) is 11.2 Å². The van der Waals surface area contributed by atoms with Crippen molar-refractivity contribution in [1.29, 1.82) is 0 Å². The predicted octanol–water partition coefficient (Wildman–Crippen LogP) is 2.96. The SMILES string of the molecule is O=c1[nH]c(=S)[nH]c2c1CN(Cc1cccc(-c3cccc([N+](=O)[O-])c3)n1)CC2. The molecule has 142 valence electrons. The molecule has 0 amide bonds. The Bertz CT molecular complexity index is 1170. The Kier molecular flexibility index (Phi) is 4.84. The molecule has 8 nitrogen and oxygen atoms in total. The van der Waals surface area contributed by atoms with Crippen molar-refractivity contribution < 1.29 is 4.92 Å². The van der Waals surface area contributed by atoms with Crippen LogP contribution >= 0.6 is 12.2 Å². The van der Waals surface area contributed by atoms with Gasteiger partial charge in [-0.25, -0.2) is 0 Å². The summed E-state index contributed by atoms with van der Waals surface area (Å²) in [5.41, 5.74) is 3.70. The molecule has 0 saturated carbocycles. The van der Waals surface area contributed by atoms with Crippen molar-refractivity contribution in [3.05, 3.63) is 84.7 Å². The largest absolute Gasteiger partial charge is 0.335 e. The number of nitro benzene ring substituents is 1. The summed E-state index contributed by atoms with van der Waals surface area (Å²) >= 11 is 5.03. The van der Waals surface area contributed by atoms with Crippen LogP contribution in [0.4, 0.5) is 5.69 Å². The van der Waals surface area contributed by atoms with Crippen molar-refractivity contribution in [2.24, 2.45) is 0 Å². The number of hydrogen-bond acceptors (Lipinski definition) is 6. The topological polar surface area (TPSA) is 108 Å². The molecule has 0 unspecified atom stereocenters. The van der Waals surface area contributed by atoms with Crippen LogP contribution in [0.25, 0.3) is 11.3 Å². The van der Waals surface area contributed by atoms with Gasteiger partial charge in [0.05, 0.1) is 21.9 Å². The van der Waals surface area contributed by atoms with Gasteiger partial charge < -0.3 is 4.98 Å². The molecule has 0 radical (unpaired) electrons. The molecule has 0 spiro atoms. The minimum absolute atomic E-state index is 0.0360. The van der Waals surface area contributed by atoms with Gasteiger partial charge in [0.25, 0.3) is 11.2 Å². The summed E-state index contributed by atoms with van der Waals surface area (Å²) in [4.78, 5) is 35.3. The third kappa shape index (κ3) is 3.75. The minimum Gasteiger partial charge on any atom is -0.335 e. The number of aromatic nitrogens is 3. The van der Waals surface area contributed by atoms with Crippen LogP contribution < -0.4 is 5.56 Å². The van der Waals surface area contributed by atoms with Crippen molar-refractivity contribution in [2.75, 3.05) is 6.54 Å². The van der Waals surface area contributed by atoms with Gasteiger partial charge in [-0.3, -0.25) is 29.8 Å². The molecule has 0 aliphatic carbocycles. The average Bonchev–Trinajstić information content (AvgIpc) is 2.69. The molecule has 1 aliphatic rings. The van der Waals surface area contributed by atoms with E-state index in [9.17, 15) is 14.9 Å². The first kappa shape index (κ1) is 18.2. The highest BCUT2D eigenvalue weighted by atomic mass is 32.1. The maximum Gasteiger partial charge on any atom is 0.270 e. The highest BCUT2D eigenvalue weighted by Gasteiger charge is 2.20. The van der Waals surface area contributed by atoms with Gasteiger partial charge in [-0.2, -0.15) is 0 Å². The van der Waals surface area contributed by atoms with E-state index < -0.39 is 4.92 Å². The van der Waals surface area contributed by atoms with Gasteiger partial charge in [0.15, 0.2) is 4.77 Å². The Morgan fingerprint density at radius 3 is 2.86 bits per heavy atom. The highest BCUT2D eigenvalue weighted by molar-refractivity contribution is 7.71. The van der Waals surface area contributed by atoms with Gasteiger partial charge in [0.2, 0.25) is 0 Å². The zero-order chi connectivity index (χ0) is 19.7. The number of hydrogen-bond donors (Lipinski definition) is 2. The van der Waals surface area contributed by atoms with E-state index in [1.807, 2.05) is 18.2 Å². The molecule has 1 aliphatic heterocycles. The van der Waals surface area contributed by atoms with E-state index in [4.69, 9.17) is 12.2 Å². The summed E-state index contributed by atoms with van der Waals surface area (Å²) in [6.45, 7) is 1.88. The Morgan fingerprint density at radius 1 is 1.21 bits per heavy atom. The van der Waals surface area contributed by atoms with Gasteiger partial charge in [-0.05, 0) is 24.4 Å². The zero-order valence-corrected chi connectivity index (χ0v) is 15.7. The van der Waals surface area contributed by atoms with E-state index >= 15 is 0 Å². The Morgan fingerprint density at radius 2 is 2.04 bits per heavy atom. The van der Waals surface area contributed by atoms with Crippen molar-refractivity contribution >= 4 is 17.9 Å². The molecule has 2 N–H and O–H groups in total. The number of nitro groups is 1. The maximum atomic E-state index is 12.2. The summed E-state index contributed by atoms with van der Waals surface area (Å²) in [7, 11) is 0. The van der Waals surface area contributed by atoms with Crippen LogP contribution in [0.5, 0.6) is 0 Å². The number of nitrogens with one attached hydrogen (secondary N) is 2. The van der Waals surface area contributed by atoms with Gasteiger partial charge >= 0.3 is 0 Å². The number of rotatable bonds is 4. The van der Waals surface area contributed by atoms with E-state index in [2.05, 4.69) is 19.9 Å². The summed E-state index contributed by atoms with van der Waals surface area (Å²) in [6, 6.07) is 12.1. The third-order valence-corrected chi connectivity index (χ3v) is 4.94. The second-order valence-corrected chi connectivity index (χ2v) is 7.06. The fourth-order valence-corrected chi connectivity index (χ4v) is 3.60. The van der Waals surface area contributed by atoms with Gasteiger partial charge in [0, 0.05) is 49.4 Å². The van der Waals surface area contributed by atoms with E-state index in [1.165, 1.54) is 12.1 Å². The number of pyridine rings is 1. The molecule has 3 heterocycles. The molecule has 0 fully saturated rings. The molecule has 28 heavy (non-hydrogen) atoms. The Labute approximate surface area is 165 Å². The van der Waals surface area contributed by atoms with E-state index in [0.717, 1.165) is 17.9 Å². The van der Waals surface area contributed by atoms with Crippen LogP contribution in [0.15, 0.2) is 47.3 Å². The number of nitrogens with zero attached hydrogens (tertiary/aromatic N) is 3. The average molecular weight is 395 g/mol. The first-order valence-electron chi connectivity index (χ1n) is 8.77. The number of fused-ring (bicyclic) bond motifs is 1. The summed E-state index contributed by atoms with van der Waals surface area (Å²) in [6.07, 6.45) is 0.716. The highest BCUT2D eigenvalue weighted by Crippen LogP contribution is 2.23. The third-order valence-electron chi connectivity index (χ3n) is 4.73. The lowest BCUT2D eigenvalue weighted by Crippen LogP contribution is -2.35. The molecule has 4 rings (SSSR count). The van der Waals surface area contributed by atoms with Crippen LogP contribution in [0.1, 0.15) is 17.0 Å². The van der Waals surface area contributed by atoms with Gasteiger partial charge in [0.1, 0.15) is 0 Å². The summed E-state index contributed by atoms with van der Waals surface area (Å²) < 4.78 is 0.350. The smallest absolute Gasteiger partial charge is 0.270 e. The zero-order valence-electron chi connectivity index (χ0n) is 14.8. The van der Waals surface area contributed by atoms with Crippen LogP contribution in [0, 0.1) is 14.9 Å². The molecule has 0 bridgehead atoms. The number of H-pyrrole nitrogens is 2. The quantitative estimate of drug-likeness (QED) is 0.399. The molecule has 1 aromatic carbocycles. The molecule has 0 saturated heterocycles. The normalized spacial score (nSPS) is 13.9. The molecule has 9 heteroatoms. The van der Waals surface area contributed by atoms with Crippen molar-refractivity contribution in [2.45, 2.75) is 19.5 Å². The Hall–Kier alpha value is -3.17. The van der Waals surface area contributed by atoms with Crippen molar-refractivity contribution in [3.63, 3.8) is 0 Å². The second kappa shape index (κ2) is 7.45. The second-order valence-electron chi connectivity index (χ2n) is 6.65. The first-order valence-corrected chi connectivity index (χ1v) is 9.18. The number of non-ortho nitro benzene ring substituents is 1. The lowest BCUT2D eigenvalue weighted by atomic mass is 10.1. The lowest BCUT2D eigenvalue weighted by molar-refractivity contribution is -0.384. The molecular formula is C19H17N5O3S. The summed E-state index contributed by atoms with van der Waals surface area (Å²) in [5, 5.41) is 11.0. The van der Waals surface area contributed by atoms with Crippen LogP contribution in [0.3, 0.4) is 0 Å². The Balaban J connectivity index is 1.56. The molecule has 3 aromatic rings. The number of aromatic amines is 2. The van der Waals surface area contributed by atoms with Crippen LogP contribution in [-0.2, 0) is 19.5 Å². The van der Waals surface area contributed by atoms with E-state index in [1.54, 1.807) is 12.1 Å². The number of benzene rings is 1. The monoisotopic (exact) mass is 395 g/mol. The van der Waals surface area contributed by atoms with E-state index in [0.29, 0.717) is 41.1 Å². The fraction of sp³-hybridized carbons (Fsp3) is 0.211. The van der Waals surface area contributed by atoms with Gasteiger partial charge in [-0.15, -0.1) is 0 Å². The van der Waals surface area contributed by atoms with Crippen molar-refractivity contribution in [3.8, 4) is 11.3 Å². The predicted molar refractivity (Wildman–Crippen MR) is 106 cm³/mol. The van der Waals surface area contributed by atoms with Gasteiger partial charge in [-0.1, -0.05) is 18.2 Å². The van der Waals surface area contributed by atoms with Crippen molar-refractivity contribution in [1.82, 2.24) is 19.9 Å². The maximum absolute atomic E-state index is 12.2. The summed E-state index contributed by atoms with van der Waals surface area (Å²) in [5.74, 6) is 0. The first-order chi connectivity index (χ1) is 13.5. The fourth-order valence-electron chi connectivity index (χ4n) is 3.38.